The number of carbonyl (C=O) groups excluding carboxylic acids is 1. The zero-order valence-electron chi connectivity index (χ0n) is 26.3. The minimum Gasteiger partial charge on any atom is -0.497 e. The Morgan fingerprint density at radius 1 is 1.10 bits per heavy atom. The van der Waals surface area contributed by atoms with E-state index < -0.39 is 14.1 Å². The first-order valence-corrected chi connectivity index (χ1v) is 17.4. The summed E-state index contributed by atoms with van der Waals surface area (Å²) in [7, 11) is -0.245. The van der Waals surface area contributed by atoms with Crippen LogP contribution < -0.4 is 4.74 Å². The number of ether oxygens (including phenoxy) is 4. The van der Waals surface area contributed by atoms with Crippen LogP contribution >= 0.6 is 0 Å². The number of carbonyl (C=O) groups is 1. The van der Waals surface area contributed by atoms with Crippen LogP contribution in [0, 0.1) is 11.8 Å². The van der Waals surface area contributed by atoms with Crippen molar-refractivity contribution in [2.75, 3.05) is 7.11 Å². The van der Waals surface area contributed by atoms with Crippen molar-refractivity contribution >= 4 is 14.6 Å². The molecule has 2 rings (SSSR count). The van der Waals surface area contributed by atoms with Crippen molar-refractivity contribution in [2.24, 2.45) is 11.8 Å². The molecule has 0 bridgehead atoms. The van der Waals surface area contributed by atoms with Crippen LogP contribution in [0.15, 0.2) is 36.4 Å². The van der Waals surface area contributed by atoms with Crippen molar-refractivity contribution in [2.45, 2.75) is 130 Å². The van der Waals surface area contributed by atoms with E-state index in [1.165, 1.54) is 0 Å². The molecule has 1 aromatic rings. The maximum atomic E-state index is 11.4. The van der Waals surface area contributed by atoms with E-state index in [9.17, 15) is 4.79 Å². The zero-order valence-corrected chi connectivity index (χ0v) is 27.3. The summed E-state index contributed by atoms with van der Waals surface area (Å²) >= 11 is 0. The van der Waals surface area contributed by atoms with Gasteiger partial charge in [0.1, 0.15) is 12.0 Å². The molecular weight excluding hydrogens is 508 g/mol. The van der Waals surface area contributed by atoms with Crippen LogP contribution in [0.5, 0.6) is 5.75 Å². The Morgan fingerprint density at radius 3 is 2.28 bits per heavy atom. The summed E-state index contributed by atoms with van der Waals surface area (Å²) in [6.45, 7) is 22.6. The molecule has 39 heavy (non-hydrogen) atoms. The normalized spacial score (nSPS) is 22.6. The first-order chi connectivity index (χ1) is 18.1. The maximum Gasteiger partial charge on any atom is 0.192 e. The lowest BCUT2D eigenvalue weighted by Crippen LogP contribution is -2.47. The van der Waals surface area contributed by atoms with Gasteiger partial charge in [-0.1, -0.05) is 65.8 Å². The number of hydrogen-bond donors (Lipinski definition) is 0. The summed E-state index contributed by atoms with van der Waals surface area (Å²) in [5.41, 5.74) is 1.04. The Hall–Kier alpha value is -1.51. The van der Waals surface area contributed by atoms with Gasteiger partial charge in [0, 0.05) is 19.3 Å². The van der Waals surface area contributed by atoms with E-state index in [-0.39, 0.29) is 35.4 Å². The highest BCUT2D eigenvalue weighted by molar-refractivity contribution is 6.74. The lowest BCUT2D eigenvalue weighted by atomic mass is 9.93. The molecule has 1 heterocycles. The second kappa shape index (κ2) is 14.4. The standard InChI is InChI=1S/C32H54O6Si/c1-23(2)30(38-39(10,11)31(4,5)6)24(3)12-15-28-21-29(37-32(7,8)36-28)20-27(18-19-33)35-22-25-13-16-26(34-9)17-14-25/h12-17,19,23-24,27-30H,18,20-22H2,1-11H3/b15-12+/t24-,27-,28-,29+,30-/m0/s1. The molecule has 0 aliphatic carbocycles. The highest BCUT2D eigenvalue weighted by atomic mass is 28.4. The van der Waals surface area contributed by atoms with Crippen molar-refractivity contribution in [3.63, 3.8) is 0 Å². The molecule has 7 heteroatoms. The molecule has 0 aromatic heterocycles. The van der Waals surface area contributed by atoms with Crippen molar-refractivity contribution in [3.05, 3.63) is 42.0 Å². The van der Waals surface area contributed by atoms with Gasteiger partial charge in [-0.25, -0.2) is 0 Å². The topological polar surface area (TPSA) is 63.2 Å². The van der Waals surface area contributed by atoms with E-state index in [2.05, 4.69) is 66.8 Å². The van der Waals surface area contributed by atoms with E-state index in [0.29, 0.717) is 31.8 Å². The van der Waals surface area contributed by atoms with Crippen LogP contribution in [0.2, 0.25) is 18.1 Å². The summed E-state index contributed by atoms with van der Waals surface area (Å²) in [5, 5.41) is 0.165. The van der Waals surface area contributed by atoms with Gasteiger partial charge in [-0.2, -0.15) is 0 Å². The molecule has 0 unspecified atom stereocenters. The fourth-order valence-corrected chi connectivity index (χ4v) is 6.28. The van der Waals surface area contributed by atoms with Gasteiger partial charge in [-0.15, -0.1) is 0 Å². The van der Waals surface area contributed by atoms with Crippen molar-refractivity contribution in [3.8, 4) is 5.75 Å². The SMILES string of the molecule is COc1ccc(CO[C@@H](CC=O)C[C@@H]2C[C@H](/C=C/[C@H](C)[C@@H](O[Si](C)(C)C(C)(C)C)C(C)C)OC(C)(C)O2)cc1. The first-order valence-electron chi connectivity index (χ1n) is 14.5. The van der Waals surface area contributed by atoms with Crippen molar-refractivity contribution < 1.29 is 28.2 Å². The van der Waals surface area contributed by atoms with Crippen molar-refractivity contribution in [1.29, 1.82) is 0 Å². The largest absolute Gasteiger partial charge is 0.497 e. The zero-order chi connectivity index (χ0) is 29.4. The Bertz CT molecular complexity index is 902. The third-order valence-electron chi connectivity index (χ3n) is 7.95. The average molecular weight is 563 g/mol. The number of rotatable bonds is 14. The molecule has 0 radical (unpaired) electrons. The fraction of sp³-hybridized carbons (Fsp3) is 0.719. The number of methoxy groups -OCH3 is 1. The third-order valence-corrected chi connectivity index (χ3v) is 12.4. The van der Waals surface area contributed by atoms with Gasteiger partial charge in [-0.3, -0.25) is 0 Å². The minimum atomic E-state index is -1.89. The lowest BCUT2D eigenvalue weighted by molar-refractivity contribution is -0.294. The van der Waals surface area contributed by atoms with Crippen LogP contribution in [0.3, 0.4) is 0 Å². The van der Waals surface area contributed by atoms with Crippen LogP contribution in [-0.4, -0.2) is 51.9 Å². The summed E-state index contributed by atoms with van der Waals surface area (Å²) < 4.78 is 30.8. The Labute approximate surface area is 238 Å². The Balaban J connectivity index is 2.05. The first kappa shape index (κ1) is 33.7. The number of benzene rings is 1. The molecule has 222 valence electrons. The highest BCUT2D eigenvalue weighted by Crippen LogP contribution is 2.39. The molecule has 5 atom stereocenters. The van der Waals surface area contributed by atoms with Gasteiger partial charge >= 0.3 is 0 Å². The quantitative estimate of drug-likeness (QED) is 0.131. The highest BCUT2D eigenvalue weighted by Gasteiger charge is 2.41. The summed E-state index contributed by atoms with van der Waals surface area (Å²) in [4.78, 5) is 11.4. The molecule has 0 N–H and O–H groups in total. The van der Waals surface area contributed by atoms with Crippen LogP contribution in [0.4, 0.5) is 0 Å². The summed E-state index contributed by atoms with van der Waals surface area (Å²) in [6, 6.07) is 7.78. The summed E-state index contributed by atoms with van der Waals surface area (Å²) in [6.07, 6.45) is 6.79. The second-order valence-electron chi connectivity index (χ2n) is 13.3. The number of aldehydes is 1. The monoisotopic (exact) mass is 562 g/mol. The van der Waals surface area contributed by atoms with Gasteiger partial charge in [-0.05, 0) is 61.5 Å². The van der Waals surface area contributed by atoms with Crippen LogP contribution in [0.1, 0.15) is 80.2 Å². The molecule has 1 saturated heterocycles. The molecule has 6 nitrogen and oxygen atoms in total. The molecule has 1 fully saturated rings. The predicted octanol–water partition coefficient (Wildman–Crippen LogP) is 7.71. The van der Waals surface area contributed by atoms with Gasteiger partial charge in [0.15, 0.2) is 14.1 Å². The van der Waals surface area contributed by atoms with Gasteiger partial charge in [0.2, 0.25) is 0 Å². The predicted molar refractivity (Wildman–Crippen MR) is 161 cm³/mol. The number of hydrogen-bond acceptors (Lipinski definition) is 6. The van der Waals surface area contributed by atoms with E-state index in [4.69, 9.17) is 23.4 Å². The molecular formula is C32H54O6Si. The van der Waals surface area contributed by atoms with E-state index in [1.807, 2.05) is 38.1 Å². The van der Waals surface area contributed by atoms with E-state index >= 15 is 0 Å². The van der Waals surface area contributed by atoms with Gasteiger partial charge < -0.3 is 28.2 Å². The molecule has 0 amide bonds. The summed E-state index contributed by atoms with van der Waals surface area (Å²) in [5.74, 6) is 0.742. The maximum absolute atomic E-state index is 11.4. The molecule has 1 aliphatic heterocycles. The molecule has 0 spiro atoms. The molecule has 0 saturated carbocycles. The Kier molecular flexibility index (Phi) is 12.4. The van der Waals surface area contributed by atoms with Gasteiger partial charge in [0.25, 0.3) is 0 Å². The second-order valence-corrected chi connectivity index (χ2v) is 18.0. The van der Waals surface area contributed by atoms with Crippen LogP contribution in [0.25, 0.3) is 0 Å². The Morgan fingerprint density at radius 2 is 1.74 bits per heavy atom. The van der Waals surface area contributed by atoms with E-state index in [1.54, 1.807) is 7.11 Å². The van der Waals surface area contributed by atoms with Crippen molar-refractivity contribution in [1.82, 2.24) is 0 Å². The molecule has 1 aromatic carbocycles. The minimum absolute atomic E-state index is 0.0797. The smallest absolute Gasteiger partial charge is 0.192 e. The lowest BCUT2D eigenvalue weighted by Gasteiger charge is -2.42. The third kappa shape index (κ3) is 10.8. The van der Waals surface area contributed by atoms with Crippen LogP contribution in [-0.2, 0) is 30.0 Å². The average Bonchev–Trinajstić information content (AvgIpc) is 2.83. The van der Waals surface area contributed by atoms with E-state index in [0.717, 1.165) is 17.6 Å². The van der Waals surface area contributed by atoms with Gasteiger partial charge in [0.05, 0.1) is 38.1 Å². The fourth-order valence-electron chi connectivity index (χ4n) is 4.76. The molecule has 1 aliphatic rings.